The molecular formula is C13H23NOSSi. The van der Waals surface area contributed by atoms with Crippen LogP contribution >= 0.6 is 11.3 Å². The summed E-state index contributed by atoms with van der Waals surface area (Å²) in [6.07, 6.45) is 4.76. The topological polar surface area (TPSA) is 22.1 Å². The summed E-state index contributed by atoms with van der Waals surface area (Å²) in [7, 11) is -1.68. The molecule has 0 N–H and O–H groups in total. The molecule has 2 rings (SSSR count). The summed E-state index contributed by atoms with van der Waals surface area (Å²) in [5.41, 5.74) is 0. The van der Waals surface area contributed by atoms with E-state index in [9.17, 15) is 0 Å². The lowest BCUT2D eigenvalue weighted by Gasteiger charge is -2.39. The molecule has 0 aliphatic heterocycles. The van der Waals surface area contributed by atoms with Crippen LogP contribution < -0.4 is 0 Å². The van der Waals surface area contributed by atoms with Crippen LogP contribution in [0.1, 0.15) is 44.7 Å². The Balaban J connectivity index is 2.14. The molecule has 4 heteroatoms. The zero-order valence-corrected chi connectivity index (χ0v) is 13.3. The van der Waals surface area contributed by atoms with Gasteiger partial charge in [-0.1, -0.05) is 20.8 Å². The van der Waals surface area contributed by atoms with Crippen LogP contribution in [0.2, 0.25) is 18.1 Å². The average Bonchev–Trinajstić information content (AvgIpc) is 2.88. The third-order valence-electron chi connectivity index (χ3n) is 3.97. The predicted molar refractivity (Wildman–Crippen MR) is 75.9 cm³/mol. The van der Waals surface area contributed by atoms with Gasteiger partial charge in [0, 0.05) is 11.6 Å². The summed E-state index contributed by atoms with van der Waals surface area (Å²) in [6, 6.07) is 0. The van der Waals surface area contributed by atoms with Gasteiger partial charge in [-0.05, 0) is 36.9 Å². The number of nitrogens with zero attached hydrogens (tertiary/aromatic N) is 1. The van der Waals surface area contributed by atoms with Crippen molar-refractivity contribution in [2.75, 3.05) is 0 Å². The van der Waals surface area contributed by atoms with Gasteiger partial charge in [-0.2, -0.15) is 0 Å². The summed E-state index contributed by atoms with van der Waals surface area (Å²) < 4.78 is 6.56. The van der Waals surface area contributed by atoms with Crippen molar-refractivity contribution in [2.45, 2.75) is 57.8 Å². The maximum Gasteiger partial charge on any atom is 0.193 e. The quantitative estimate of drug-likeness (QED) is 0.744. The van der Waals surface area contributed by atoms with E-state index in [2.05, 4.69) is 44.2 Å². The van der Waals surface area contributed by atoms with Gasteiger partial charge in [-0.3, -0.25) is 0 Å². The van der Waals surface area contributed by atoms with Crippen molar-refractivity contribution in [3.05, 3.63) is 16.6 Å². The van der Waals surface area contributed by atoms with E-state index in [1.165, 1.54) is 17.8 Å². The highest BCUT2D eigenvalue weighted by atomic mass is 32.1. The minimum atomic E-state index is -1.68. The lowest BCUT2D eigenvalue weighted by atomic mass is 10.2. The van der Waals surface area contributed by atoms with Gasteiger partial charge in [0.2, 0.25) is 0 Å². The largest absolute Gasteiger partial charge is 0.407 e. The first kappa shape index (κ1) is 13.2. The Bertz CT molecular complexity index is 365. The molecule has 1 saturated carbocycles. The van der Waals surface area contributed by atoms with Gasteiger partial charge in [-0.25, -0.2) is 4.98 Å². The average molecular weight is 269 g/mol. The lowest BCUT2D eigenvalue weighted by molar-refractivity contribution is 0.160. The molecule has 0 radical (unpaired) electrons. The van der Waals surface area contributed by atoms with Crippen LogP contribution in [-0.2, 0) is 4.43 Å². The first-order chi connectivity index (χ1) is 7.81. The van der Waals surface area contributed by atoms with Gasteiger partial charge in [0.15, 0.2) is 8.32 Å². The Morgan fingerprint density at radius 2 is 2.06 bits per heavy atom. The highest BCUT2D eigenvalue weighted by Crippen LogP contribution is 2.48. The van der Waals surface area contributed by atoms with E-state index in [1.54, 1.807) is 11.3 Å². The molecule has 0 spiro atoms. The molecule has 0 bridgehead atoms. The zero-order chi connectivity index (χ0) is 12.7. The number of rotatable bonds is 4. The third-order valence-corrected chi connectivity index (χ3v) is 9.27. The van der Waals surface area contributed by atoms with E-state index in [0.29, 0.717) is 0 Å². The lowest BCUT2D eigenvalue weighted by Crippen LogP contribution is -2.42. The van der Waals surface area contributed by atoms with Crippen molar-refractivity contribution >= 4 is 19.7 Å². The fraction of sp³-hybridized carbons (Fsp3) is 0.769. The van der Waals surface area contributed by atoms with Gasteiger partial charge in [0.25, 0.3) is 0 Å². The molecule has 0 saturated heterocycles. The molecule has 1 aliphatic rings. The molecule has 1 unspecified atom stereocenters. The Hall–Kier alpha value is -0.193. The van der Waals surface area contributed by atoms with Crippen LogP contribution in [0.5, 0.6) is 0 Å². The molecule has 0 amide bonds. The van der Waals surface area contributed by atoms with Gasteiger partial charge in [0.05, 0.1) is 6.10 Å². The van der Waals surface area contributed by atoms with Crippen molar-refractivity contribution in [1.29, 1.82) is 0 Å². The molecular weight excluding hydrogens is 246 g/mol. The standard InChI is InChI=1S/C13H23NOSSi/c1-13(2,3)17(4,5)15-11(10-6-7-10)12-14-8-9-16-12/h8-11H,6-7H2,1-5H3. The van der Waals surface area contributed by atoms with E-state index in [-0.39, 0.29) is 11.1 Å². The third kappa shape index (κ3) is 2.98. The smallest absolute Gasteiger partial charge is 0.193 e. The number of hydrogen-bond donors (Lipinski definition) is 0. The summed E-state index contributed by atoms with van der Waals surface area (Å²) in [5.74, 6) is 0.718. The second kappa shape index (κ2) is 4.48. The summed E-state index contributed by atoms with van der Waals surface area (Å²) in [6.45, 7) is 11.5. The van der Waals surface area contributed by atoms with E-state index < -0.39 is 8.32 Å². The molecule has 1 aromatic rings. The first-order valence-corrected chi connectivity index (χ1v) is 10.2. The maximum absolute atomic E-state index is 6.56. The molecule has 1 atom stereocenters. The first-order valence-electron chi connectivity index (χ1n) is 6.38. The van der Waals surface area contributed by atoms with Crippen molar-refractivity contribution < 1.29 is 4.43 Å². The van der Waals surface area contributed by atoms with E-state index in [4.69, 9.17) is 4.43 Å². The van der Waals surface area contributed by atoms with E-state index >= 15 is 0 Å². The highest BCUT2D eigenvalue weighted by molar-refractivity contribution is 7.09. The van der Waals surface area contributed by atoms with Gasteiger partial charge in [-0.15, -0.1) is 11.3 Å². The number of hydrogen-bond acceptors (Lipinski definition) is 3. The highest BCUT2D eigenvalue weighted by Gasteiger charge is 2.44. The van der Waals surface area contributed by atoms with Gasteiger partial charge in [0.1, 0.15) is 5.01 Å². The Labute approximate surface area is 110 Å². The van der Waals surface area contributed by atoms with Crippen LogP contribution in [0.4, 0.5) is 0 Å². The van der Waals surface area contributed by atoms with E-state index in [1.807, 2.05) is 6.20 Å². The molecule has 96 valence electrons. The van der Waals surface area contributed by atoms with E-state index in [0.717, 1.165) is 5.92 Å². The van der Waals surface area contributed by atoms with Crippen molar-refractivity contribution in [3.8, 4) is 0 Å². The van der Waals surface area contributed by atoms with Crippen LogP contribution in [-0.4, -0.2) is 13.3 Å². The van der Waals surface area contributed by atoms with Crippen LogP contribution in [0.3, 0.4) is 0 Å². The Morgan fingerprint density at radius 1 is 1.41 bits per heavy atom. The van der Waals surface area contributed by atoms with Crippen molar-refractivity contribution in [2.24, 2.45) is 5.92 Å². The molecule has 1 heterocycles. The van der Waals surface area contributed by atoms with Crippen LogP contribution in [0, 0.1) is 5.92 Å². The van der Waals surface area contributed by atoms with Gasteiger partial charge >= 0.3 is 0 Å². The fourth-order valence-electron chi connectivity index (χ4n) is 1.62. The SMILES string of the molecule is CC(C)(C)[Si](C)(C)OC(c1nccs1)C1CC1. The predicted octanol–water partition coefficient (Wildman–Crippen LogP) is 4.62. The molecule has 17 heavy (non-hydrogen) atoms. The molecule has 1 aliphatic carbocycles. The second-order valence-corrected chi connectivity index (χ2v) is 12.2. The Morgan fingerprint density at radius 3 is 2.47 bits per heavy atom. The summed E-state index contributed by atoms with van der Waals surface area (Å²) in [4.78, 5) is 4.46. The normalized spacial score (nSPS) is 19.4. The fourth-order valence-corrected chi connectivity index (χ4v) is 3.75. The Kier molecular flexibility index (Phi) is 3.49. The minimum Gasteiger partial charge on any atom is -0.407 e. The second-order valence-electron chi connectivity index (χ2n) is 6.51. The number of thiazole rings is 1. The zero-order valence-electron chi connectivity index (χ0n) is 11.5. The minimum absolute atomic E-state index is 0.260. The number of aromatic nitrogens is 1. The van der Waals surface area contributed by atoms with Gasteiger partial charge < -0.3 is 4.43 Å². The maximum atomic E-state index is 6.56. The molecule has 2 nitrogen and oxygen atoms in total. The monoisotopic (exact) mass is 269 g/mol. The van der Waals surface area contributed by atoms with Crippen LogP contribution in [0.15, 0.2) is 11.6 Å². The molecule has 1 aromatic heterocycles. The van der Waals surface area contributed by atoms with Crippen molar-refractivity contribution in [1.82, 2.24) is 4.98 Å². The summed E-state index contributed by atoms with van der Waals surface area (Å²) >= 11 is 1.74. The van der Waals surface area contributed by atoms with Crippen LogP contribution in [0.25, 0.3) is 0 Å². The summed E-state index contributed by atoms with van der Waals surface area (Å²) in [5, 5.41) is 3.51. The molecule has 0 aromatic carbocycles. The van der Waals surface area contributed by atoms with Crippen molar-refractivity contribution in [3.63, 3.8) is 0 Å². The molecule has 1 fully saturated rings.